The first-order valence-corrected chi connectivity index (χ1v) is 16.4. The summed E-state index contributed by atoms with van der Waals surface area (Å²) in [4.78, 5) is 29.3. The second-order valence-corrected chi connectivity index (χ2v) is 13.6. The Kier molecular flexibility index (Phi) is 10.6. The predicted molar refractivity (Wildman–Crippen MR) is 168 cm³/mol. The molecule has 1 aliphatic carbocycles. The molecule has 0 saturated heterocycles. The third-order valence-corrected chi connectivity index (χ3v) is 9.81. The fourth-order valence-corrected chi connectivity index (χ4v) is 7.14. The van der Waals surface area contributed by atoms with E-state index in [1.807, 2.05) is 45.0 Å². The lowest BCUT2D eigenvalue weighted by Gasteiger charge is -2.34. The van der Waals surface area contributed by atoms with E-state index in [-0.39, 0.29) is 39.1 Å². The number of benzene rings is 3. The van der Waals surface area contributed by atoms with Crippen LogP contribution in [-0.2, 0) is 26.2 Å². The van der Waals surface area contributed by atoms with Crippen molar-refractivity contribution < 1.29 is 18.0 Å². The van der Waals surface area contributed by atoms with Gasteiger partial charge in [-0.3, -0.25) is 13.9 Å². The minimum Gasteiger partial charge on any atom is -0.352 e. The molecule has 0 bridgehead atoms. The van der Waals surface area contributed by atoms with E-state index in [1.165, 1.54) is 35.2 Å². The van der Waals surface area contributed by atoms with E-state index in [4.69, 9.17) is 23.2 Å². The Morgan fingerprint density at radius 3 is 2.00 bits per heavy atom. The summed E-state index contributed by atoms with van der Waals surface area (Å²) >= 11 is 12.5. The summed E-state index contributed by atoms with van der Waals surface area (Å²) in [5, 5.41) is 3.58. The lowest BCUT2D eigenvalue weighted by Crippen LogP contribution is -2.53. The highest BCUT2D eigenvalue weighted by molar-refractivity contribution is 7.92. The van der Waals surface area contributed by atoms with Crippen LogP contribution in [0.1, 0.15) is 55.7 Å². The van der Waals surface area contributed by atoms with Crippen molar-refractivity contribution >= 4 is 50.7 Å². The van der Waals surface area contributed by atoms with E-state index in [0.717, 1.165) is 46.7 Å². The third kappa shape index (κ3) is 7.85. The molecule has 7 nitrogen and oxygen atoms in total. The van der Waals surface area contributed by atoms with Gasteiger partial charge in [0.25, 0.3) is 10.0 Å². The van der Waals surface area contributed by atoms with Gasteiger partial charge in [-0.2, -0.15) is 0 Å². The van der Waals surface area contributed by atoms with Gasteiger partial charge >= 0.3 is 0 Å². The van der Waals surface area contributed by atoms with Crippen LogP contribution in [0.3, 0.4) is 0 Å². The minimum absolute atomic E-state index is 0.0214. The molecule has 2 amide bonds. The summed E-state index contributed by atoms with van der Waals surface area (Å²) in [6.07, 6.45) is 4.30. The van der Waals surface area contributed by atoms with Crippen molar-refractivity contribution in [2.45, 2.75) is 76.4 Å². The highest BCUT2D eigenvalue weighted by Gasteiger charge is 2.34. The summed E-state index contributed by atoms with van der Waals surface area (Å²) < 4.78 is 29.0. The van der Waals surface area contributed by atoms with Gasteiger partial charge in [0.1, 0.15) is 12.6 Å². The van der Waals surface area contributed by atoms with Gasteiger partial charge in [-0.05, 0) is 69.0 Å². The minimum atomic E-state index is -4.21. The molecule has 0 radical (unpaired) electrons. The first-order chi connectivity index (χ1) is 20.0. The number of rotatable bonds is 11. The molecule has 1 saturated carbocycles. The molecule has 1 atom stereocenters. The van der Waals surface area contributed by atoms with Crippen molar-refractivity contribution in [3.63, 3.8) is 0 Å². The van der Waals surface area contributed by atoms with Gasteiger partial charge in [-0.25, -0.2) is 8.42 Å². The van der Waals surface area contributed by atoms with Gasteiger partial charge in [-0.15, -0.1) is 0 Å². The number of hydrogen-bond acceptors (Lipinski definition) is 4. The zero-order chi connectivity index (χ0) is 30.4. The average Bonchev–Trinajstić information content (AvgIpc) is 3.45. The van der Waals surface area contributed by atoms with E-state index < -0.39 is 28.5 Å². The molecular weight excluding hydrogens is 593 g/mol. The molecule has 0 heterocycles. The lowest BCUT2D eigenvalue weighted by molar-refractivity contribution is -0.140. The van der Waals surface area contributed by atoms with Crippen LogP contribution in [0.15, 0.2) is 71.6 Å². The SMILES string of the molecule is CC[C@@H](C(=O)NC1CCCC1)N(Cc1ccc(C)cc1)C(=O)CN(c1cc(Cl)cc(Cl)c1)S(=O)(=O)c1ccc(C)cc1. The van der Waals surface area contributed by atoms with Gasteiger partial charge in [0.05, 0.1) is 10.6 Å². The smallest absolute Gasteiger partial charge is 0.264 e. The van der Waals surface area contributed by atoms with E-state index in [9.17, 15) is 18.0 Å². The van der Waals surface area contributed by atoms with E-state index >= 15 is 0 Å². The van der Waals surface area contributed by atoms with Crippen molar-refractivity contribution in [2.24, 2.45) is 0 Å². The number of aryl methyl sites for hydroxylation is 2. The molecule has 0 spiro atoms. The van der Waals surface area contributed by atoms with Gasteiger partial charge in [0.2, 0.25) is 11.8 Å². The maximum atomic E-state index is 14.2. The molecule has 10 heteroatoms. The first kappa shape index (κ1) is 31.9. The quantitative estimate of drug-likeness (QED) is 0.256. The number of halogens is 2. The molecule has 42 heavy (non-hydrogen) atoms. The Hall–Kier alpha value is -3.07. The van der Waals surface area contributed by atoms with Crippen LogP contribution in [0.2, 0.25) is 10.0 Å². The zero-order valence-corrected chi connectivity index (χ0v) is 26.5. The molecule has 4 rings (SSSR count). The summed E-state index contributed by atoms with van der Waals surface area (Å²) in [5.74, 6) is -0.751. The van der Waals surface area contributed by atoms with Crippen LogP contribution in [0.4, 0.5) is 5.69 Å². The van der Waals surface area contributed by atoms with Crippen LogP contribution in [0, 0.1) is 13.8 Å². The predicted octanol–water partition coefficient (Wildman–Crippen LogP) is 6.67. The molecule has 1 fully saturated rings. The van der Waals surface area contributed by atoms with E-state index in [2.05, 4.69) is 5.32 Å². The molecule has 1 N–H and O–H groups in total. The first-order valence-electron chi connectivity index (χ1n) is 14.2. The molecule has 224 valence electrons. The van der Waals surface area contributed by atoms with Gasteiger partial charge in [-0.1, -0.05) is 90.5 Å². The maximum Gasteiger partial charge on any atom is 0.264 e. The Bertz CT molecular complexity index is 1490. The number of nitrogens with zero attached hydrogens (tertiary/aromatic N) is 2. The van der Waals surface area contributed by atoms with Crippen molar-refractivity contribution in [3.05, 3.63) is 93.5 Å². The summed E-state index contributed by atoms with van der Waals surface area (Å²) in [7, 11) is -4.21. The number of sulfonamides is 1. The Labute approximate surface area is 258 Å². The Morgan fingerprint density at radius 2 is 1.45 bits per heavy atom. The van der Waals surface area contributed by atoms with Crippen LogP contribution in [0.25, 0.3) is 0 Å². The average molecular weight is 631 g/mol. The number of carbonyl (C=O) groups excluding carboxylic acids is 2. The molecular formula is C32H37Cl2N3O4S. The van der Waals surface area contributed by atoms with Gasteiger partial charge in [0, 0.05) is 22.6 Å². The number of anilines is 1. The molecule has 3 aromatic rings. The third-order valence-electron chi connectivity index (χ3n) is 7.58. The second kappa shape index (κ2) is 13.9. The standard InChI is InChI=1S/C32H37Cl2N3O4S/c1-4-30(32(39)35-27-7-5-6-8-27)36(20-24-13-9-22(2)10-14-24)31(38)21-37(28-18-25(33)17-26(34)19-28)42(40,41)29-15-11-23(3)12-16-29/h9-19,27,30H,4-8,20-21H2,1-3H3,(H,35,39)/t30-/m0/s1. The van der Waals surface area contributed by atoms with Crippen molar-refractivity contribution in [1.29, 1.82) is 0 Å². The lowest BCUT2D eigenvalue weighted by atomic mass is 10.1. The van der Waals surface area contributed by atoms with E-state index in [0.29, 0.717) is 6.42 Å². The second-order valence-electron chi connectivity index (χ2n) is 10.9. The van der Waals surface area contributed by atoms with Gasteiger partial charge < -0.3 is 10.2 Å². The Balaban J connectivity index is 1.73. The number of hydrogen-bond donors (Lipinski definition) is 1. The number of carbonyl (C=O) groups is 2. The van der Waals surface area contributed by atoms with Crippen LogP contribution >= 0.6 is 23.2 Å². The summed E-state index contributed by atoms with van der Waals surface area (Å²) in [5.41, 5.74) is 2.95. The van der Waals surface area contributed by atoms with Crippen LogP contribution in [0.5, 0.6) is 0 Å². The fraction of sp³-hybridized carbons (Fsp3) is 0.375. The maximum absolute atomic E-state index is 14.2. The fourth-order valence-electron chi connectivity index (χ4n) is 5.23. The zero-order valence-electron chi connectivity index (χ0n) is 24.1. The monoisotopic (exact) mass is 629 g/mol. The van der Waals surface area contributed by atoms with Crippen LogP contribution < -0.4 is 9.62 Å². The van der Waals surface area contributed by atoms with E-state index in [1.54, 1.807) is 12.1 Å². The van der Waals surface area contributed by atoms with Crippen molar-refractivity contribution in [1.82, 2.24) is 10.2 Å². The Morgan fingerprint density at radius 1 is 0.905 bits per heavy atom. The van der Waals surface area contributed by atoms with Crippen molar-refractivity contribution in [3.8, 4) is 0 Å². The summed E-state index contributed by atoms with van der Waals surface area (Å²) in [6.45, 7) is 5.28. The molecule has 0 aromatic heterocycles. The number of nitrogens with one attached hydrogen (secondary N) is 1. The van der Waals surface area contributed by atoms with Crippen molar-refractivity contribution in [2.75, 3.05) is 10.8 Å². The van der Waals surface area contributed by atoms with Gasteiger partial charge in [0.15, 0.2) is 0 Å². The normalized spacial score (nSPS) is 14.4. The summed E-state index contributed by atoms with van der Waals surface area (Å²) in [6, 6.07) is 17.8. The largest absolute Gasteiger partial charge is 0.352 e. The highest BCUT2D eigenvalue weighted by atomic mass is 35.5. The molecule has 3 aromatic carbocycles. The number of amides is 2. The molecule has 0 unspecified atom stereocenters. The van der Waals surface area contributed by atoms with Crippen LogP contribution in [-0.4, -0.2) is 43.8 Å². The topological polar surface area (TPSA) is 86.8 Å². The molecule has 0 aliphatic heterocycles. The highest BCUT2D eigenvalue weighted by Crippen LogP contribution is 2.30. The molecule has 1 aliphatic rings.